The Kier molecular flexibility index (Phi) is 5.79. The van der Waals surface area contributed by atoms with Gasteiger partial charge in [-0.25, -0.2) is 13.6 Å². The van der Waals surface area contributed by atoms with Gasteiger partial charge in [0.05, 0.1) is 6.54 Å². The van der Waals surface area contributed by atoms with Crippen molar-refractivity contribution in [1.82, 2.24) is 4.90 Å². The Morgan fingerprint density at radius 3 is 2.44 bits per heavy atom. The quantitative estimate of drug-likeness (QED) is 0.734. The summed E-state index contributed by atoms with van der Waals surface area (Å²) in [4.78, 5) is 28.5. The molecule has 0 radical (unpaired) electrons. The lowest BCUT2D eigenvalue weighted by atomic mass is 9.95. The molecule has 7 nitrogen and oxygen atoms in total. The van der Waals surface area contributed by atoms with Crippen LogP contribution in [0.5, 0.6) is 5.75 Å². The van der Waals surface area contributed by atoms with E-state index in [1.165, 1.54) is 52.3 Å². The Bertz CT molecular complexity index is 1150. The van der Waals surface area contributed by atoms with Crippen LogP contribution in [0.15, 0.2) is 72.5 Å². The number of aromatic hydroxyl groups is 1. The molecule has 4 atom stereocenters. The third kappa shape index (κ3) is 4.14. The normalized spacial score (nSPS) is 27.1. The number of cyclic esters (lactones) is 1. The molecule has 0 spiro atoms. The van der Waals surface area contributed by atoms with Gasteiger partial charge >= 0.3 is 6.09 Å². The first-order valence-electron chi connectivity index (χ1n) is 10.9. The zero-order valence-corrected chi connectivity index (χ0v) is 18.0. The van der Waals surface area contributed by atoms with Gasteiger partial charge < -0.3 is 19.5 Å². The maximum atomic E-state index is 13.5. The summed E-state index contributed by atoms with van der Waals surface area (Å²) in [5.41, 5.74) is 1.68. The van der Waals surface area contributed by atoms with Crippen LogP contribution in [0.25, 0.3) is 0 Å². The summed E-state index contributed by atoms with van der Waals surface area (Å²) < 4.78 is 38.6. The number of phenolic OH excluding ortho intramolecular Hbond substituents is 1. The van der Waals surface area contributed by atoms with Crippen molar-refractivity contribution in [1.29, 1.82) is 0 Å². The Morgan fingerprint density at radius 2 is 1.76 bits per heavy atom. The van der Waals surface area contributed by atoms with Crippen LogP contribution in [-0.4, -0.2) is 53.5 Å². The van der Waals surface area contributed by atoms with Gasteiger partial charge in [0.25, 0.3) is 5.91 Å². The lowest BCUT2D eigenvalue weighted by molar-refractivity contribution is -0.151. The summed E-state index contributed by atoms with van der Waals surface area (Å²) in [7, 11) is 0. The van der Waals surface area contributed by atoms with E-state index in [1.807, 2.05) is 0 Å². The third-order valence-electron chi connectivity index (χ3n) is 6.15. The van der Waals surface area contributed by atoms with Gasteiger partial charge in [-0.15, -0.1) is 0 Å². The van der Waals surface area contributed by atoms with Gasteiger partial charge in [-0.2, -0.15) is 0 Å². The SMILES string of the molecule is O=C1CO[C@@H]([C@H]2OC(=O)N(c3ccc(F)cc3)[C@@H]2c2ccc(O)cc2)CN1C1=CCC(F)C=C1. The molecule has 2 saturated heterocycles. The van der Waals surface area contributed by atoms with E-state index in [1.54, 1.807) is 24.3 Å². The molecule has 5 rings (SSSR count). The summed E-state index contributed by atoms with van der Waals surface area (Å²) >= 11 is 0. The van der Waals surface area contributed by atoms with Crippen molar-refractivity contribution >= 4 is 17.7 Å². The Morgan fingerprint density at radius 1 is 1.03 bits per heavy atom. The number of ether oxygens (including phenoxy) is 2. The molecule has 2 aliphatic heterocycles. The van der Waals surface area contributed by atoms with Crippen molar-refractivity contribution in [3.8, 4) is 5.75 Å². The monoisotopic (exact) mass is 468 g/mol. The largest absolute Gasteiger partial charge is 0.508 e. The fourth-order valence-electron chi connectivity index (χ4n) is 4.48. The molecular weight excluding hydrogens is 446 g/mol. The maximum Gasteiger partial charge on any atom is 0.415 e. The van der Waals surface area contributed by atoms with Crippen molar-refractivity contribution in [2.45, 2.75) is 30.8 Å². The molecule has 0 aromatic heterocycles. The van der Waals surface area contributed by atoms with Gasteiger partial charge in [0.15, 0.2) is 6.10 Å². The van der Waals surface area contributed by atoms with E-state index in [-0.39, 0.29) is 31.2 Å². The van der Waals surface area contributed by atoms with Crippen molar-refractivity contribution in [2.24, 2.45) is 0 Å². The first-order valence-corrected chi connectivity index (χ1v) is 10.9. The van der Waals surface area contributed by atoms with Gasteiger partial charge in [0, 0.05) is 17.8 Å². The van der Waals surface area contributed by atoms with Crippen LogP contribution in [0.3, 0.4) is 0 Å². The second-order valence-corrected chi connectivity index (χ2v) is 8.32. The summed E-state index contributed by atoms with van der Waals surface area (Å²) in [5.74, 6) is -0.653. The maximum absolute atomic E-state index is 13.5. The smallest absolute Gasteiger partial charge is 0.415 e. The molecule has 1 N–H and O–H groups in total. The Hall–Kier alpha value is -3.72. The van der Waals surface area contributed by atoms with E-state index in [0.717, 1.165) is 0 Å². The van der Waals surface area contributed by atoms with Crippen LogP contribution >= 0.6 is 0 Å². The van der Waals surface area contributed by atoms with Crippen molar-refractivity contribution < 1.29 is 33.0 Å². The molecule has 0 saturated carbocycles. The number of morpholine rings is 1. The topological polar surface area (TPSA) is 79.3 Å². The predicted molar refractivity (Wildman–Crippen MR) is 118 cm³/mol. The van der Waals surface area contributed by atoms with Crippen LogP contribution in [0.1, 0.15) is 18.0 Å². The molecule has 3 aliphatic rings. The zero-order valence-electron chi connectivity index (χ0n) is 18.0. The first kappa shape index (κ1) is 22.1. The van der Waals surface area contributed by atoms with Gasteiger partial charge in [-0.3, -0.25) is 9.69 Å². The molecule has 2 amide bonds. The number of benzene rings is 2. The van der Waals surface area contributed by atoms with E-state index in [0.29, 0.717) is 16.9 Å². The number of rotatable bonds is 4. The number of amides is 2. The highest BCUT2D eigenvalue weighted by molar-refractivity contribution is 5.91. The standard InChI is InChI=1S/C25H22F2N2O5/c26-16-3-7-18(8-4-16)28-13-21(33-14-22(28)31)24-23(15-1-11-20(30)12-2-15)29(25(32)34-24)19-9-5-17(27)6-10-19/h1-3,5-12,16,21,23-24,30H,4,13-14H2/t16?,21-,23-,24-/m1/s1. The lowest BCUT2D eigenvalue weighted by Gasteiger charge is -2.37. The number of phenols is 1. The van der Waals surface area contributed by atoms with E-state index in [4.69, 9.17) is 9.47 Å². The molecule has 34 heavy (non-hydrogen) atoms. The number of halogens is 2. The summed E-state index contributed by atoms with van der Waals surface area (Å²) in [6.45, 7) is -0.114. The number of hydrogen-bond acceptors (Lipinski definition) is 5. The highest BCUT2D eigenvalue weighted by Crippen LogP contribution is 2.41. The fourth-order valence-corrected chi connectivity index (χ4v) is 4.48. The minimum Gasteiger partial charge on any atom is -0.508 e. The van der Waals surface area contributed by atoms with E-state index >= 15 is 0 Å². The molecule has 2 fully saturated rings. The zero-order chi connectivity index (χ0) is 23.8. The molecule has 2 heterocycles. The summed E-state index contributed by atoms with van der Waals surface area (Å²) in [6, 6.07) is 11.1. The molecule has 1 aliphatic carbocycles. The van der Waals surface area contributed by atoms with Crippen LogP contribution in [-0.2, 0) is 14.3 Å². The number of nitrogens with zero attached hydrogens (tertiary/aromatic N) is 2. The number of alkyl halides is 1. The van der Waals surface area contributed by atoms with Crippen LogP contribution in [0.4, 0.5) is 19.3 Å². The molecule has 176 valence electrons. The van der Waals surface area contributed by atoms with Gasteiger partial charge in [0.1, 0.15) is 36.5 Å². The fraction of sp³-hybridized carbons (Fsp3) is 0.280. The van der Waals surface area contributed by atoms with Gasteiger partial charge in [-0.1, -0.05) is 18.2 Å². The Labute approximate surface area is 194 Å². The average Bonchev–Trinajstić information content (AvgIpc) is 3.18. The molecule has 0 bridgehead atoms. The van der Waals surface area contributed by atoms with E-state index in [9.17, 15) is 23.5 Å². The van der Waals surface area contributed by atoms with E-state index < -0.39 is 36.3 Å². The predicted octanol–water partition coefficient (Wildman–Crippen LogP) is 4.01. The van der Waals surface area contributed by atoms with Crippen LogP contribution in [0, 0.1) is 5.82 Å². The molecule has 1 unspecified atom stereocenters. The number of anilines is 1. The second-order valence-electron chi connectivity index (χ2n) is 8.32. The number of carbonyl (C=O) groups excluding carboxylic acids is 2. The Balaban J connectivity index is 1.48. The van der Waals surface area contributed by atoms with Gasteiger partial charge in [0.2, 0.25) is 0 Å². The van der Waals surface area contributed by atoms with E-state index in [2.05, 4.69) is 0 Å². The second kappa shape index (κ2) is 8.90. The first-order chi connectivity index (χ1) is 16.4. The minimum atomic E-state index is -1.09. The highest BCUT2D eigenvalue weighted by atomic mass is 19.1. The molecular formula is C25H22F2N2O5. The van der Waals surface area contributed by atoms with Crippen LogP contribution in [0.2, 0.25) is 0 Å². The van der Waals surface area contributed by atoms with Crippen LogP contribution < -0.4 is 4.90 Å². The lowest BCUT2D eigenvalue weighted by Crippen LogP contribution is -2.51. The third-order valence-corrected chi connectivity index (χ3v) is 6.15. The number of carbonyl (C=O) groups is 2. The number of allylic oxidation sites excluding steroid dienone is 3. The van der Waals surface area contributed by atoms with Crippen molar-refractivity contribution in [2.75, 3.05) is 18.1 Å². The minimum absolute atomic E-state index is 0.0618. The summed E-state index contributed by atoms with van der Waals surface area (Å²) in [5, 5.41) is 9.74. The molecule has 2 aromatic carbocycles. The van der Waals surface area contributed by atoms with Gasteiger partial charge in [-0.05, 0) is 54.1 Å². The molecule has 2 aromatic rings. The van der Waals surface area contributed by atoms with Crippen molar-refractivity contribution in [3.05, 3.63) is 83.8 Å². The summed E-state index contributed by atoms with van der Waals surface area (Å²) in [6.07, 6.45) is 1.59. The average molecular weight is 468 g/mol. The highest BCUT2D eigenvalue weighted by Gasteiger charge is 2.49. The molecule has 9 heteroatoms. The number of hydrogen-bond donors (Lipinski definition) is 1. The van der Waals surface area contributed by atoms with Crippen molar-refractivity contribution in [3.63, 3.8) is 0 Å².